The predicted octanol–water partition coefficient (Wildman–Crippen LogP) is 1.32. The molecule has 1 aromatic heterocycles. The van der Waals surface area contributed by atoms with Crippen LogP contribution in [0.2, 0.25) is 0 Å². The van der Waals surface area contributed by atoms with Crippen molar-refractivity contribution >= 4 is 35.3 Å². The quantitative estimate of drug-likeness (QED) is 0.324. The molecule has 5 N–H and O–H groups in total. The van der Waals surface area contributed by atoms with E-state index in [0.29, 0.717) is 56.5 Å². The first-order chi connectivity index (χ1) is 16.2. The van der Waals surface area contributed by atoms with Crippen LogP contribution in [0.5, 0.6) is 0 Å². The number of carbonyl (C=O) groups excluding carboxylic acids is 1. The van der Waals surface area contributed by atoms with Gasteiger partial charge in [-0.05, 0) is 37.1 Å². The van der Waals surface area contributed by atoms with Crippen LogP contribution in [0.25, 0.3) is 0 Å². The van der Waals surface area contributed by atoms with Crippen molar-refractivity contribution in [1.29, 1.82) is 0 Å². The summed E-state index contributed by atoms with van der Waals surface area (Å²) in [5.74, 6) is 0.984. The highest BCUT2D eigenvalue weighted by atomic mass is 16.6. The summed E-state index contributed by atoms with van der Waals surface area (Å²) in [4.78, 5) is 32.5. The normalized spacial score (nSPS) is 16.5. The Bertz CT molecular complexity index is 953. The number of aromatic nitrogens is 2. The molecule has 4 rings (SSSR count). The number of rotatable bonds is 7. The third-order valence-corrected chi connectivity index (χ3v) is 5.82. The van der Waals surface area contributed by atoms with Gasteiger partial charge in [-0.25, -0.2) is 14.8 Å². The topological polar surface area (TPSA) is 138 Å². The molecule has 2 saturated heterocycles. The molecule has 0 unspecified atom stereocenters. The van der Waals surface area contributed by atoms with Crippen molar-refractivity contribution in [1.82, 2.24) is 14.9 Å². The minimum atomic E-state index is -0.109. The second kappa shape index (κ2) is 10.8. The van der Waals surface area contributed by atoms with E-state index in [9.17, 15) is 4.79 Å². The van der Waals surface area contributed by atoms with Crippen molar-refractivity contribution in [3.8, 4) is 0 Å². The van der Waals surface area contributed by atoms with Crippen LogP contribution in [0.4, 0.5) is 27.8 Å². The number of nitrogens with two attached hydrogens (primary N) is 2. The second-order valence-corrected chi connectivity index (χ2v) is 8.00. The van der Waals surface area contributed by atoms with Gasteiger partial charge in [0.25, 0.3) is 0 Å². The van der Waals surface area contributed by atoms with Gasteiger partial charge in [0, 0.05) is 57.2 Å². The number of nitrogen functional groups attached to an aromatic ring is 1. The molecule has 0 spiro atoms. The molecule has 2 aromatic rings. The summed E-state index contributed by atoms with van der Waals surface area (Å²) >= 11 is 0. The van der Waals surface area contributed by atoms with Crippen LogP contribution in [0.3, 0.4) is 0 Å². The predicted molar refractivity (Wildman–Crippen MR) is 130 cm³/mol. The Morgan fingerprint density at radius 1 is 1.06 bits per heavy atom. The molecule has 3 heterocycles. The molecule has 2 aliphatic rings. The summed E-state index contributed by atoms with van der Waals surface area (Å²) < 4.78 is 0. The Labute approximate surface area is 193 Å². The fraction of sp³-hybridized carbons (Fsp3) is 0.455. The monoisotopic (exact) mass is 453 g/mol. The van der Waals surface area contributed by atoms with Gasteiger partial charge in [-0.1, -0.05) is 5.16 Å². The van der Waals surface area contributed by atoms with Crippen molar-refractivity contribution in [2.75, 3.05) is 73.3 Å². The van der Waals surface area contributed by atoms with Gasteiger partial charge < -0.3 is 36.3 Å². The van der Waals surface area contributed by atoms with E-state index in [2.05, 4.69) is 42.4 Å². The molecule has 0 atom stereocenters. The van der Waals surface area contributed by atoms with Gasteiger partial charge >= 0.3 is 6.03 Å². The highest BCUT2D eigenvalue weighted by Gasteiger charge is 2.24. The summed E-state index contributed by atoms with van der Waals surface area (Å²) in [5.41, 5.74) is 14.0. The molecule has 33 heavy (non-hydrogen) atoms. The van der Waals surface area contributed by atoms with Gasteiger partial charge in [0.05, 0.1) is 11.8 Å². The first-order valence-corrected chi connectivity index (χ1v) is 11.3. The average molecular weight is 454 g/mol. The smallest absolute Gasteiger partial charge is 0.321 e. The maximum absolute atomic E-state index is 12.8. The molecule has 11 heteroatoms. The van der Waals surface area contributed by atoms with Crippen molar-refractivity contribution in [2.45, 2.75) is 12.8 Å². The van der Waals surface area contributed by atoms with Crippen LogP contribution >= 0.6 is 0 Å². The molecule has 0 bridgehead atoms. The lowest BCUT2D eigenvalue weighted by atomic mass is 10.2. The number of nitrogens with zero attached hydrogens (tertiary/aromatic N) is 6. The zero-order chi connectivity index (χ0) is 23.0. The molecule has 2 aliphatic heterocycles. The van der Waals surface area contributed by atoms with Crippen LogP contribution < -0.4 is 26.6 Å². The number of anilines is 4. The third kappa shape index (κ3) is 5.61. The van der Waals surface area contributed by atoms with Crippen LogP contribution in [-0.2, 0) is 4.84 Å². The second-order valence-electron chi connectivity index (χ2n) is 8.00. The van der Waals surface area contributed by atoms with Gasteiger partial charge in [0.15, 0.2) is 0 Å². The zero-order valence-electron chi connectivity index (χ0n) is 18.7. The van der Waals surface area contributed by atoms with E-state index >= 15 is 0 Å². The Hall–Kier alpha value is -3.60. The zero-order valence-corrected chi connectivity index (χ0v) is 18.7. The molecular formula is C22H31N9O2. The van der Waals surface area contributed by atoms with E-state index in [1.54, 1.807) is 4.90 Å². The summed E-state index contributed by atoms with van der Waals surface area (Å²) in [6, 6.07) is 7.95. The highest BCUT2D eigenvalue weighted by molar-refractivity contribution is 5.92. The molecular weight excluding hydrogens is 422 g/mol. The first kappa shape index (κ1) is 22.6. The van der Waals surface area contributed by atoms with Crippen molar-refractivity contribution < 1.29 is 9.63 Å². The Morgan fingerprint density at radius 2 is 1.79 bits per heavy atom. The summed E-state index contributed by atoms with van der Waals surface area (Å²) in [5, 5.41) is 6.90. The number of carbonyl (C=O) groups is 1. The van der Waals surface area contributed by atoms with Crippen molar-refractivity contribution in [3.05, 3.63) is 36.2 Å². The highest BCUT2D eigenvalue weighted by Crippen LogP contribution is 2.23. The number of piperazine rings is 1. The van der Waals surface area contributed by atoms with E-state index in [4.69, 9.17) is 16.3 Å². The fourth-order valence-electron chi connectivity index (χ4n) is 4.03. The summed E-state index contributed by atoms with van der Waals surface area (Å²) in [6.07, 6.45) is 5.41. The lowest BCUT2D eigenvalue weighted by molar-refractivity contribution is 0.154. The van der Waals surface area contributed by atoms with Gasteiger partial charge in [-0.3, -0.25) is 0 Å². The van der Waals surface area contributed by atoms with Crippen LogP contribution in [0, 0.1) is 0 Å². The SMILES string of the molecule is NCCON=Cc1c(N)ncnc1N1CCN(C(=O)Nc2ccc(N3CCCC3)cc2)CC1. The number of hydrogen-bond acceptors (Lipinski definition) is 9. The lowest BCUT2D eigenvalue weighted by Crippen LogP contribution is -2.50. The van der Waals surface area contributed by atoms with E-state index in [-0.39, 0.29) is 6.03 Å². The maximum atomic E-state index is 12.8. The summed E-state index contributed by atoms with van der Waals surface area (Å²) in [7, 11) is 0. The standard InChI is InChI=1S/C22H31N9O2/c23-7-14-33-27-15-19-20(24)25-16-26-21(19)30-10-12-31(13-11-30)22(32)28-17-3-5-18(6-4-17)29-8-1-2-9-29/h3-6,15-16H,1-2,7-14,23H2,(H,28,32)(H2,24,25,26). The molecule has 2 fully saturated rings. The number of hydrogen-bond donors (Lipinski definition) is 3. The molecule has 176 valence electrons. The van der Waals surface area contributed by atoms with E-state index in [1.165, 1.54) is 31.1 Å². The van der Waals surface area contributed by atoms with E-state index < -0.39 is 0 Å². The molecule has 0 saturated carbocycles. The molecule has 0 aliphatic carbocycles. The molecule has 0 radical (unpaired) electrons. The number of benzene rings is 1. The molecule has 2 amide bonds. The van der Waals surface area contributed by atoms with E-state index in [0.717, 1.165) is 18.8 Å². The Kier molecular flexibility index (Phi) is 7.40. The van der Waals surface area contributed by atoms with E-state index in [1.807, 2.05) is 12.1 Å². The maximum Gasteiger partial charge on any atom is 0.321 e. The minimum Gasteiger partial charge on any atom is -0.394 e. The van der Waals surface area contributed by atoms with Gasteiger partial charge in [0.2, 0.25) is 0 Å². The summed E-state index contributed by atoms with van der Waals surface area (Å²) in [6.45, 7) is 5.23. The largest absolute Gasteiger partial charge is 0.394 e. The van der Waals surface area contributed by atoms with Gasteiger partial charge in [-0.2, -0.15) is 0 Å². The van der Waals surface area contributed by atoms with Crippen molar-refractivity contribution in [2.24, 2.45) is 10.9 Å². The first-order valence-electron chi connectivity index (χ1n) is 11.3. The minimum absolute atomic E-state index is 0.109. The Morgan fingerprint density at radius 3 is 2.48 bits per heavy atom. The molecule has 1 aromatic carbocycles. The molecule has 11 nitrogen and oxygen atoms in total. The number of oxime groups is 1. The number of urea groups is 1. The van der Waals surface area contributed by atoms with Gasteiger partial charge in [-0.15, -0.1) is 0 Å². The van der Waals surface area contributed by atoms with Gasteiger partial charge in [0.1, 0.15) is 24.6 Å². The fourth-order valence-corrected chi connectivity index (χ4v) is 4.03. The Balaban J connectivity index is 1.33. The average Bonchev–Trinajstić information content (AvgIpc) is 3.38. The van der Waals surface area contributed by atoms with Crippen LogP contribution in [0.15, 0.2) is 35.7 Å². The van der Waals surface area contributed by atoms with Crippen molar-refractivity contribution in [3.63, 3.8) is 0 Å². The third-order valence-electron chi connectivity index (χ3n) is 5.82. The lowest BCUT2D eigenvalue weighted by Gasteiger charge is -2.35. The van der Waals surface area contributed by atoms with Crippen LogP contribution in [-0.4, -0.2) is 79.5 Å². The number of nitrogens with one attached hydrogen (secondary N) is 1. The number of amides is 2. The van der Waals surface area contributed by atoms with Crippen LogP contribution in [0.1, 0.15) is 18.4 Å².